The second-order valence-corrected chi connectivity index (χ2v) is 8.29. The number of rotatable bonds is 7. The van der Waals surface area contributed by atoms with E-state index in [1.807, 2.05) is 0 Å². The maximum atomic E-state index is 15.4. The van der Waals surface area contributed by atoms with Gasteiger partial charge in [-0.25, -0.2) is 13.5 Å². The van der Waals surface area contributed by atoms with Gasteiger partial charge in [0.15, 0.2) is 0 Å². The first-order chi connectivity index (χ1) is 17.3. The average Bonchev–Trinajstić information content (AvgIpc) is 3.42. The number of anilines is 1. The Morgan fingerprint density at radius 1 is 1.28 bits per heavy atom. The van der Waals surface area contributed by atoms with E-state index in [1.54, 1.807) is 12.3 Å². The molecule has 0 aliphatic carbocycles. The molecule has 1 fully saturated rings. The van der Waals surface area contributed by atoms with Crippen molar-refractivity contribution in [3.8, 4) is 17.0 Å². The zero-order valence-electron chi connectivity index (χ0n) is 19.1. The molecule has 2 aromatic heterocycles. The van der Waals surface area contributed by atoms with E-state index < -0.39 is 23.4 Å². The number of amides is 2. The predicted octanol–water partition coefficient (Wildman–Crippen LogP) is 2.50. The van der Waals surface area contributed by atoms with Crippen LogP contribution in [0.5, 0.6) is 5.75 Å². The minimum atomic E-state index is -0.793. The lowest BCUT2D eigenvalue weighted by atomic mass is 9.99. The standard InChI is InChI=1S/C24H22F2N6O4/c1-35-18-3-2-11(25)6-15(18)24(34)30-8-16-17(26)7-14(13-4-5-29-20(13)16)21-19(23(28)33)22(27)32(31-21)12-9-36-10-12/h2-7,12,29H,8-10,27H2,1H3,(H2,28,33)(H,30,34). The Labute approximate surface area is 203 Å². The van der Waals surface area contributed by atoms with Crippen LogP contribution in [0.25, 0.3) is 22.2 Å². The second kappa shape index (κ2) is 8.96. The van der Waals surface area contributed by atoms with Crippen LogP contribution >= 0.6 is 0 Å². The highest BCUT2D eigenvalue weighted by atomic mass is 19.1. The number of hydrogen-bond acceptors (Lipinski definition) is 6. The lowest BCUT2D eigenvalue weighted by Gasteiger charge is -2.26. The number of primary amides is 1. The van der Waals surface area contributed by atoms with E-state index in [9.17, 15) is 14.0 Å². The highest BCUT2D eigenvalue weighted by Gasteiger charge is 2.30. The fourth-order valence-corrected chi connectivity index (χ4v) is 4.27. The number of aromatic nitrogens is 3. The van der Waals surface area contributed by atoms with Crippen LogP contribution in [0.2, 0.25) is 0 Å². The molecule has 0 saturated carbocycles. The van der Waals surface area contributed by atoms with Gasteiger partial charge < -0.3 is 31.2 Å². The Bertz CT molecular complexity index is 1510. The van der Waals surface area contributed by atoms with Crippen molar-refractivity contribution in [2.75, 3.05) is 26.1 Å². The van der Waals surface area contributed by atoms with Crippen LogP contribution in [0.3, 0.4) is 0 Å². The van der Waals surface area contributed by atoms with E-state index in [0.717, 1.165) is 6.07 Å². The summed E-state index contributed by atoms with van der Waals surface area (Å²) < 4.78 is 40.9. The Hall–Kier alpha value is -4.45. The van der Waals surface area contributed by atoms with Crippen LogP contribution in [-0.4, -0.2) is 46.9 Å². The fourth-order valence-electron chi connectivity index (χ4n) is 4.27. The van der Waals surface area contributed by atoms with Crippen molar-refractivity contribution < 1.29 is 27.8 Å². The molecule has 36 heavy (non-hydrogen) atoms. The van der Waals surface area contributed by atoms with Crippen molar-refractivity contribution in [3.63, 3.8) is 0 Å². The van der Waals surface area contributed by atoms with Crippen molar-refractivity contribution in [3.05, 3.63) is 64.9 Å². The molecule has 3 heterocycles. The molecule has 6 N–H and O–H groups in total. The van der Waals surface area contributed by atoms with E-state index in [4.69, 9.17) is 20.9 Å². The van der Waals surface area contributed by atoms with Gasteiger partial charge in [-0.3, -0.25) is 9.59 Å². The molecule has 2 amide bonds. The Kier molecular flexibility index (Phi) is 5.80. The molecular formula is C24H22F2N6O4. The zero-order valence-corrected chi connectivity index (χ0v) is 19.1. The number of nitrogens with two attached hydrogens (primary N) is 2. The molecule has 12 heteroatoms. The number of nitrogen functional groups attached to an aromatic ring is 1. The first-order valence-corrected chi connectivity index (χ1v) is 11.0. The van der Waals surface area contributed by atoms with Crippen LogP contribution < -0.4 is 21.5 Å². The van der Waals surface area contributed by atoms with Gasteiger partial charge in [-0.05, 0) is 30.3 Å². The highest BCUT2D eigenvalue weighted by molar-refractivity contribution is 6.07. The third kappa shape index (κ3) is 3.81. The molecule has 0 unspecified atom stereocenters. The smallest absolute Gasteiger partial charge is 0.255 e. The van der Waals surface area contributed by atoms with Gasteiger partial charge in [-0.2, -0.15) is 5.10 Å². The number of H-pyrrole nitrogens is 1. The first-order valence-electron chi connectivity index (χ1n) is 11.0. The Morgan fingerprint density at radius 2 is 2.06 bits per heavy atom. The van der Waals surface area contributed by atoms with Crippen molar-refractivity contribution in [2.24, 2.45) is 5.73 Å². The van der Waals surface area contributed by atoms with Crippen molar-refractivity contribution in [1.82, 2.24) is 20.1 Å². The van der Waals surface area contributed by atoms with Gasteiger partial charge in [0.25, 0.3) is 11.8 Å². The maximum absolute atomic E-state index is 15.4. The topological polar surface area (TPSA) is 150 Å². The number of methoxy groups -OCH3 is 1. The number of hydrogen-bond donors (Lipinski definition) is 4. The minimum absolute atomic E-state index is 0.0111. The summed E-state index contributed by atoms with van der Waals surface area (Å²) in [5.41, 5.74) is 12.7. The largest absolute Gasteiger partial charge is 0.496 e. The highest BCUT2D eigenvalue weighted by Crippen LogP contribution is 2.37. The van der Waals surface area contributed by atoms with E-state index in [2.05, 4.69) is 15.4 Å². The number of carbonyl (C=O) groups excluding carboxylic acids is 2. The van der Waals surface area contributed by atoms with Gasteiger partial charge in [0.2, 0.25) is 0 Å². The summed E-state index contributed by atoms with van der Waals surface area (Å²) in [4.78, 5) is 27.9. The molecule has 4 aromatic rings. The molecule has 5 rings (SSSR count). The molecule has 0 spiro atoms. The van der Waals surface area contributed by atoms with E-state index in [-0.39, 0.29) is 46.5 Å². The molecule has 186 valence electrons. The summed E-state index contributed by atoms with van der Waals surface area (Å²) >= 11 is 0. The molecule has 0 bridgehead atoms. The number of nitrogens with one attached hydrogen (secondary N) is 2. The Balaban J connectivity index is 1.53. The van der Waals surface area contributed by atoms with E-state index >= 15 is 4.39 Å². The van der Waals surface area contributed by atoms with Crippen LogP contribution in [0.15, 0.2) is 36.5 Å². The normalized spacial score (nSPS) is 13.5. The number of nitrogens with zero attached hydrogens (tertiary/aromatic N) is 2. The summed E-state index contributed by atoms with van der Waals surface area (Å²) in [7, 11) is 1.36. The molecule has 0 radical (unpaired) electrons. The lowest BCUT2D eigenvalue weighted by Crippen LogP contribution is -2.32. The van der Waals surface area contributed by atoms with Crippen molar-refractivity contribution in [1.29, 1.82) is 0 Å². The molecule has 1 aliphatic rings. The number of aromatic amines is 1. The van der Waals surface area contributed by atoms with E-state index in [1.165, 1.54) is 30.0 Å². The van der Waals surface area contributed by atoms with Gasteiger partial charge in [0.1, 0.15) is 40.5 Å². The Morgan fingerprint density at radius 3 is 2.72 bits per heavy atom. The average molecular weight is 496 g/mol. The summed E-state index contributed by atoms with van der Waals surface area (Å²) in [5, 5.41) is 7.62. The molecular weight excluding hydrogens is 474 g/mol. The number of ether oxygens (including phenoxy) is 2. The third-order valence-corrected chi connectivity index (χ3v) is 6.15. The minimum Gasteiger partial charge on any atom is -0.496 e. The SMILES string of the molecule is COc1ccc(F)cc1C(=O)NCc1c(F)cc(-c2nn(C3COC3)c(N)c2C(N)=O)c2cc[nH]c12. The van der Waals surface area contributed by atoms with Crippen LogP contribution in [0.1, 0.15) is 32.3 Å². The zero-order chi connectivity index (χ0) is 25.6. The van der Waals surface area contributed by atoms with Crippen LogP contribution in [-0.2, 0) is 11.3 Å². The fraction of sp³-hybridized carbons (Fsp3) is 0.208. The molecule has 1 saturated heterocycles. The van der Waals surface area contributed by atoms with Crippen LogP contribution in [0, 0.1) is 11.6 Å². The summed E-state index contributed by atoms with van der Waals surface area (Å²) in [6, 6.07) is 6.30. The number of fused-ring (bicyclic) bond motifs is 1. The first kappa shape index (κ1) is 23.3. The number of benzene rings is 2. The molecule has 10 nitrogen and oxygen atoms in total. The lowest BCUT2D eigenvalue weighted by molar-refractivity contribution is -0.0275. The van der Waals surface area contributed by atoms with Gasteiger partial charge in [0, 0.05) is 29.3 Å². The predicted molar refractivity (Wildman–Crippen MR) is 126 cm³/mol. The molecule has 0 atom stereocenters. The molecule has 2 aromatic carbocycles. The van der Waals surface area contributed by atoms with Gasteiger partial charge in [-0.1, -0.05) is 0 Å². The quantitative estimate of drug-likeness (QED) is 0.309. The number of carbonyl (C=O) groups is 2. The molecule has 1 aliphatic heterocycles. The van der Waals surface area contributed by atoms with Crippen molar-refractivity contribution >= 4 is 28.5 Å². The summed E-state index contributed by atoms with van der Waals surface area (Å²) in [6.07, 6.45) is 1.60. The van der Waals surface area contributed by atoms with Gasteiger partial charge >= 0.3 is 0 Å². The maximum Gasteiger partial charge on any atom is 0.255 e. The second-order valence-electron chi connectivity index (χ2n) is 8.29. The van der Waals surface area contributed by atoms with Crippen LogP contribution in [0.4, 0.5) is 14.6 Å². The third-order valence-electron chi connectivity index (χ3n) is 6.15. The van der Waals surface area contributed by atoms with Crippen molar-refractivity contribution in [2.45, 2.75) is 12.6 Å². The van der Waals surface area contributed by atoms with E-state index in [0.29, 0.717) is 29.7 Å². The summed E-state index contributed by atoms with van der Waals surface area (Å²) in [6.45, 7) is 0.554. The number of halogens is 2. The van der Waals surface area contributed by atoms with Gasteiger partial charge in [0.05, 0.1) is 31.4 Å². The monoisotopic (exact) mass is 496 g/mol. The summed E-state index contributed by atoms with van der Waals surface area (Å²) in [5.74, 6) is -2.45. The van der Waals surface area contributed by atoms with Gasteiger partial charge in [-0.15, -0.1) is 0 Å².